The molecule has 4 heteroatoms. The Morgan fingerprint density at radius 3 is 2.38 bits per heavy atom. The highest BCUT2D eigenvalue weighted by Crippen LogP contribution is 2.26. The van der Waals surface area contributed by atoms with Crippen LogP contribution in [-0.4, -0.2) is 20.7 Å². The van der Waals surface area contributed by atoms with Crippen molar-refractivity contribution in [2.75, 3.05) is 0 Å². The molecule has 0 aliphatic heterocycles. The predicted molar refractivity (Wildman–Crippen MR) is 49.0 cm³/mol. The number of aryl methyl sites for hydroxylation is 1. The fourth-order valence-corrected chi connectivity index (χ4v) is 1.28. The minimum Gasteiger partial charge on any atom is -0.493 e. The first-order valence-corrected chi connectivity index (χ1v) is 4.22. The van der Waals surface area contributed by atoms with Crippen LogP contribution in [0.2, 0.25) is 0 Å². The number of Topliss-reactive ketones (excluding diaryl/α,β-unsaturated/α-hetero) is 1. The van der Waals surface area contributed by atoms with Gasteiger partial charge in [0.15, 0.2) is 5.78 Å². The van der Waals surface area contributed by atoms with Crippen LogP contribution < -0.4 is 0 Å². The molecule has 1 heterocycles. The van der Waals surface area contributed by atoms with Gasteiger partial charge in [-0.05, 0) is 12.8 Å². The van der Waals surface area contributed by atoms with Crippen LogP contribution in [0.5, 0.6) is 5.88 Å². The lowest BCUT2D eigenvalue weighted by atomic mass is 10.0. The van der Waals surface area contributed by atoms with E-state index in [4.69, 9.17) is 0 Å². The number of hydrogen-bond donors (Lipinski definition) is 1. The standard InChI is InChI=1S/C9H14N2O2/c1-5(2)8-7(6(3)12)9(13)11(4)10-8/h5,13H,1-4H3. The third-order valence-electron chi connectivity index (χ3n) is 1.94. The van der Waals surface area contributed by atoms with Crippen molar-refractivity contribution in [3.8, 4) is 5.88 Å². The fourth-order valence-electron chi connectivity index (χ4n) is 1.28. The van der Waals surface area contributed by atoms with E-state index in [1.54, 1.807) is 7.05 Å². The number of aromatic hydroxyl groups is 1. The first kappa shape index (κ1) is 9.77. The molecular formula is C9H14N2O2. The van der Waals surface area contributed by atoms with Crippen LogP contribution in [0.25, 0.3) is 0 Å². The van der Waals surface area contributed by atoms with E-state index in [0.717, 1.165) is 0 Å². The summed E-state index contributed by atoms with van der Waals surface area (Å²) in [6.45, 7) is 5.31. The number of aromatic nitrogens is 2. The molecule has 0 saturated heterocycles. The zero-order valence-corrected chi connectivity index (χ0v) is 8.33. The molecule has 0 saturated carbocycles. The fraction of sp³-hybridized carbons (Fsp3) is 0.556. The first-order valence-electron chi connectivity index (χ1n) is 4.22. The Kier molecular flexibility index (Phi) is 2.40. The lowest BCUT2D eigenvalue weighted by Crippen LogP contribution is -1.98. The van der Waals surface area contributed by atoms with Gasteiger partial charge in [-0.2, -0.15) is 5.10 Å². The molecule has 0 aromatic carbocycles. The minimum atomic E-state index is -0.144. The lowest BCUT2D eigenvalue weighted by Gasteiger charge is -2.00. The molecule has 0 radical (unpaired) electrons. The molecule has 1 rings (SSSR count). The van der Waals surface area contributed by atoms with Crippen molar-refractivity contribution in [1.82, 2.24) is 9.78 Å². The largest absolute Gasteiger partial charge is 0.493 e. The van der Waals surface area contributed by atoms with Crippen LogP contribution in [0, 0.1) is 0 Å². The van der Waals surface area contributed by atoms with E-state index in [-0.39, 0.29) is 17.6 Å². The molecule has 0 bridgehead atoms. The smallest absolute Gasteiger partial charge is 0.220 e. The molecule has 0 spiro atoms. The van der Waals surface area contributed by atoms with Crippen LogP contribution >= 0.6 is 0 Å². The summed E-state index contributed by atoms with van der Waals surface area (Å²) in [6, 6.07) is 0. The highest BCUT2D eigenvalue weighted by molar-refractivity contribution is 5.97. The van der Waals surface area contributed by atoms with E-state index in [0.29, 0.717) is 11.3 Å². The van der Waals surface area contributed by atoms with Crippen molar-refractivity contribution in [2.24, 2.45) is 7.05 Å². The van der Waals surface area contributed by atoms with Gasteiger partial charge in [-0.3, -0.25) is 4.79 Å². The molecule has 0 atom stereocenters. The summed E-state index contributed by atoms with van der Waals surface area (Å²) < 4.78 is 1.33. The quantitative estimate of drug-likeness (QED) is 0.704. The monoisotopic (exact) mass is 182 g/mol. The van der Waals surface area contributed by atoms with Gasteiger partial charge < -0.3 is 5.11 Å². The van der Waals surface area contributed by atoms with Gasteiger partial charge in [-0.25, -0.2) is 4.68 Å². The second-order valence-electron chi connectivity index (χ2n) is 3.42. The van der Waals surface area contributed by atoms with Crippen LogP contribution in [0.1, 0.15) is 42.7 Å². The number of rotatable bonds is 2. The first-order chi connectivity index (χ1) is 5.95. The van der Waals surface area contributed by atoms with E-state index in [2.05, 4.69) is 5.10 Å². The van der Waals surface area contributed by atoms with Gasteiger partial charge in [0, 0.05) is 7.05 Å². The van der Waals surface area contributed by atoms with Crippen LogP contribution in [0.3, 0.4) is 0 Å². The zero-order valence-electron chi connectivity index (χ0n) is 8.33. The van der Waals surface area contributed by atoms with Gasteiger partial charge >= 0.3 is 0 Å². The summed E-state index contributed by atoms with van der Waals surface area (Å²) in [6.07, 6.45) is 0. The average molecular weight is 182 g/mol. The van der Waals surface area contributed by atoms with Gasteiger partial charge in [0.25, 0.3) is 0 Å². The molecule has 13 heavy (non-hydrogen) atoms. The molecule has 0 unspecified atom stereocenters. The van der Waals surface area contributed by atoms with Crippen molar-refractivity contribution < 1.29 is 9.90 Å². The van der Waals surface area contributed by atoms with E-state index >= 15 is 0 Å². The average Bonchev–Trinajstić information content (AvgIpc) is 2.28. The summed E-state index contributed by atoms with van der Waals surface area (Å²) in [4.78, 5) is 11.2. The maximum absolute atomic E-state index is 11.2. The number of carbonyl (C=O) groups is 1. The number of hydrogen-bond acceptors (Lipinski definition) is 3. The van der Waals surface area contributed by atoms with Gasteiger partial charge in [0.2, 0.25) is 5.88 Å². The Labute approximate surface area is 77.2 Å². The van der Waals surface area contributed by atoms with E-state index in [9.17, 15) is 9.90 Å². The van der Waals surface area contributed by atoms with E-state index < -0.39 is 0 Å². The topological polar surface area (TPSA) is 55.1 Å². The molecule has 1 aromatic rings. The second kappa shape index (κ2) is 3.20. The van der Waals surface area contributed by atoms with Crippen molar-refractivity contribution in [3.63, 3.8) is 0 Å². The molecule has 1 aromatic heterocycles. The van der Waals surface area contributed by atoms with Gasteiger partial charge in [0.1, 0.15) is 5.56 Å². The molecule has 0 aliphatic carbocycles. The highest BCUT2D eigenvalue weighted by Gasteiger charge is 2.20. The molecule has 4 nitrogen and oxygen atoms in total. The summed E-state index contributed by atoms with van der Waals surface area (Å²) >= 11 is 0. The third kappa shape index (κ3) is 1.56. The van der Waals surface area contributed by atoms with Crippen molar-refractivity contribution >= 4 is 5.78 Å². The van der Waals surface area contributed by atoms with Crippen LogP contribution in [0.15, 0.2) is 0 Å². The lowest BCUT2D eigenvalue weighted by molar-refractivity contribution is 0.101. The Morgan fingerprint density at radius 1 is 1.54 bits per heavy atom. The molecule has 0 fully saturated rings. The molecule has 72 valence electrons. The van der Waals surface area contributed by atoms with Gasteiger partial charge in [0.05, 0.1) is 5.69 Å². The normalized spacial score (nSPS) is 10.8. The van der Waals surface area contributed by atoms with Crippen molar-refractivity contribution in [3.05, 3.63) is 11.3 Å². The Bertz CT molecular complexity index is 340. The predicted octanol–water partition coefficient (Wildman–Crippen LogP) is 1.45. The Morgan fingerprint density at radius 2 is 2.08 bits per heavy atom. The SMILES string of the molecule is CC(=O)c1c(C(C)C)nn(C)c1O. The molecule has 0 amide bonds. The third-order valence-corrected chi connectivity index (χ3v) is 1.94. The number of nitrogens with zero attached hydrogens (tertiary/aromatic N) is 2. The summed E-state index contributed by atoms with van der Waals surface area (Å²) in [5.74, 6) is -0.0449. The van der Waals surface area contributed by atoms with Gasteiger partial charge in [-0.15, -0.1) is 0 Å². The Hall–Kier alpha value is -1.32. The number of carbonyl (C=O) groups excluding carboxylic acids is 1. The van der Waals surface area contributed by atoms with Crippen molar-refractivity contribution in [1.29, 1.82) is 0 Å². The maximum atomic E-state index is 11.2. The van der Waals surface area contributed by atoms with Crippen LogP contribution in [0.4, 0.5) is 0 Å². The zero-order chi connectivity index (χ0) is 10.2. The minimum absolute atomic E-state index is 0.0452. The van der Waals surface area contributed by atoms with E-state index in [1.165, 1.54) is 11.6 Å². The molecular weight excluding hydrogens is 168 g/mol. The highest BCUT2D eigenvalue weighted by atomic mass is 16.3. The van der Waals surface area contributed by atoms with Crippen molar-refractivity contribution in [2.45, 2.75) is 26.7 Å². The van der Waals surface area contributed by atoms with Gasteiger partial charge in [-0.1, -0.05) is 13.8 Å². The molecule has 0 aliphatic rings. The summed E-state index contributed by atoms with van der Waals surface area (Å²) in [5, 5.41) is 13.6. The van der Waals surface area contributed by atoms with E-state index in [1.807, 2.05) is 13.8 Å². The second-order valence-corrected chi connectivity index (χ2v) is 3.42. The number of ketones is 1. The Balaban J connectivity index is 3.35. The maximum Gasteiger partial charge on any atom is 0.220 e. The summed E-state index contributed by atoms with van der Waals surface area (Å²) in [5.41, 5.74) is 1.00. The summed E-state index contributed by atoms with van der Waals surface area (Å²) in [7, 11) is 1.62. The van der Waals surface area contributed by atoms with Crippen LogP contribution in [-0.2, 0) is 7.05 Å². The molecule has 1 N–H and O–H groups in total.